The summed E-state index contributed by atoms with van der Waals surface area (Å²) in [6.07, 6.45) is 0. The fourth-order valence-electron chi connectivity index (χ4n) is 2.36. The molecule has 0 aliphatic rings. The number of hydrogen-bond donors (Lipinski definition) is 2. The van der Waals surface area contributed by atoms with Crippen LogP contribution in [0.25, 0.3) is 22.4 Å². The van der Waals surface area contributed by atoms with Crippen molar-refractivity contribution >= 4 is 41.7 Å². The number of rotatable bonds is 3. The van der Waals surface area contributed by atoms with Crippen molar-refractivity contribution in [3.8, 4) is 17.5 Å². The Morgan fingerprint density at radius 2 is 1.84 bits per heavy atom. The van der Waals surface area contributed by atoms with Gasteiger partial charge in [0.1, 0.15) is 11.7 Å². The third-order valence-electron chi connectivity index (χ3n) is 3.46. The lowest BCUT2D eigenvalue weighted by molar-refractivity contribution is 0.834. The molecule has 7 heteroatoms. The first kappa shape index (κ1) is 20.5. The van der Waals surface area contributed by atoms with E-state index < -0.39 is 0 Å². The van der Waals surface area contributed by atoms with E-state index in [1.165, 1.54) is 0 Å². The number of hydrogen-bond acceptors (Lipinski definition) is 3. The molecule has 1 aromatic heterocycles. The molecular formula is C18H19Cl2N5. The fourth-order valence-corrected chi connectivity index (χ4v) is 2.36. The van der Waals surface area contributed by atoms with Gasteiger partial charge >= 0.3 is 0 Å². The number of nitriles is 1. The maximum atomic E-state index is 8.86. The molecule has 2 aromatic carbocycles. The number of nitrogens with two attached hydrogens (primary N) is 1. The third kappa shape index (κ3) is 4.50. The van der Waals surface area contributed by atoms with E-state index >= 15 is 0 Å². The maximum Gasteiger partial charge on any atom is 0.138 e. The van der Waals surface area contributed by atoms with Crippen LogP contribution in [-0.4, -0.2) is 21.8 Å². The zero-order chi connectivity index (χ0) is 16.4. The summed E-state index contributed by atoms with van der Waals surface area (Å²) in [5.41, 5.74) is 10.2. The van der Waals surface area contributed by atoms with E-state index in [1.807, 2.05) is 44.2 Å². The highest BCUT2D eigenvalue weighted by atomic mass is 35.5. The summed E-state index contributed by atoms with van der Waals surface area (Å²) < 4.78 is 0. The van der Waals surface area contributed by atoms with Crippen molar-refractivity contribution in [2.45, 2.75) is 19.9 Å². The standard InChI is InChI=1S/C18H17N5.2ClH/c1-11(2)21-17(20)14-7-8-15-16(9-14)23-18(22-15)13-5-3-12(10-19)4-6-13;;/h3-9,11H,1-2H3,(H2,20,21)(H,22,23);2*1H. The van der Waals surface area contributed by atoms with Gasteiger partial charge < -0.3 is 10.7 Å². The maximum absolute atomic E-state index is 8.86. The Balaban J connectivity index is 0.00000156. The molecular weight excluding hydrogens is 357 g/mol. The number of aliphatic imine (C=N–C) groups is 1. The van der Waals surface area contributed by atoms with Crippen LogP contribution in [0.5, 0.6) is 0 Å². The van der Waals surface area contributed by atoms with Crippen LogP contribution in [-0.2, 0) is 0 Å². The molecule has 0 bridgehead atoms. The third-order valence-corrected chi connectivity index (χ3v) is 3.46. The second kappa shape index (κ2) is 8.52. The number of benzene rings is 2. The summed E-state index contributed by atoms with van der Waals surface area (Å²) in [6, 6.07) is 15.4. The van der Waals surface area contributed by atoms with Crippen LogP contribution in [0.4, 0.5) is 0 Å². The topological polar surface area (TPSA) is 90.8 Å². The van der Waals surface area contributed by atoms with E-state index in [4.69, 9.17) is 11.0 Å². The first-order valence-electron chi connectivity index (χ1n) is 7.41. The van der Waals surface area contributed by atoms with E-state index in [2.05, 4.69) is 21.0 Å². The molecule has 0 atom stereocenters. The SMILES string of the molecule is CC(C)N=C(N)c1ccc2nc(-c3ccc(C#N)cc3)[nH]c2c1.Cl.Cl. The van der Waals surface area contributed by atoms with Crippen molar-refractivity contribution < 1.29 is 0 Å². The highest BCUT2D eigenvalue weighted by Gasteiger charge is 2.08. The van der Waals surface area contributed by atoms with Gasteiger partial charge in [0.25, 0.3) is 0 Å². The van der Waals surface area contributed by atoms with Gasteiger partial charge in [-0.2, -0.15) is 5.26 Å². The summed E-state index contributed by atoms with van der Waals surface area (Å²) in [6.45, 7) is 3.98. The molecule has 0 unspecified atom stereocenters. The van der Waals surface area contributed by atoms with Crippen molar-refractivity contribution in [3.05, 3.63) is 53.6 Å². The highest BCUT2D eigenvalue weighted by molar-refractivity contribution is 6.00. The molecule has 0 saturated heterocycles. The number of halogens is 2. The molecule has 0 spiro atoms. The van der Waals surface area contributed by atoms with Gasteiger partial charge in [-0.1, -0.05) is 0 Å². The Morgan fingerprint density at radius 3 is 2.44 bits per heavy atom. The monoisotopic (exact) mass is 375 g/mol. The van der Waals surface area contributed by atoms with Crippen LogP contribution in [0, 0.1) is 11.3 Å². The molecule has 5 nitrogen and oxygen atoms in total. The molecule has 0 fully saturated rings. The van der Waals surface area contributed by atoms with E-state index in [9.17, 15) is 0 Å². The van der Waals surface area contributed by atoms with Gasteiger partial charge in [-0.3, -0.25) is 4.99 Å². The Hall–Kier alpha value is -2.55. The number of nitrogens with one attached hydrogen (secondary N) is 1. The average molecular weight is 376 g/mol. The first-order valence-corrected chi connectivity index (χ1v) is 7.41. The zero-order valence-corrected chi connectivity index (χ0v) is 15.5. The van der Waals surface area contributed by atoms with Gasteiger partial charge in [-0.05, 0) is 56.3 Å². The van der Waals surface area contributed by atoms with Crippen LogP contribution >= 0.6 is 24.8 Å². The van der Waals surface area contributed by atoms with E-state index in [1.54, 1.807) is 12.1 Å². The molecule has 3 aromatic rings. The lowest BCUT2D eigenvalue weighted by atomic mass is 10.1. The lowest BCUT2D eigenvalue weighted by Crippen LogP contribution is -2.15. The normalized spacial score (nSPS) is 10.9. The molecule has 1 heterocycles. The van der Waals surface area contributed by atoms with Crippen LogP contribution in [0.2, 0.25) is 0 Å². The first-order chi connectivity index (χ1) is 11.1. The van der Waals surface area contributed by atoms with Gasteiger partial charge in [0.15, 0.2) is 0 Å². The van der Waals surface area contributed by atoms with Gasteiger partial charge in [0, 0.05) is 17.2 Å². The predicted octanol–water partition coefficient (Wildman–Crippen LogP) is 4.06. The summed E-state index contributed by atoms with van der Waals surface area (Å²) in [7, 11) is 0. The van der Waals surface area contributed by atoms with Gasteiger partial charge in [-0.25, -0.2) is 4.98 Å². The van der Waals surface area contributed by atoms with Crippen molar-refractivity contribution in [2.24, 2.45) is 10.7 Å². The van der Waals surface area contributed by atoms with Crippen molar-refractivity contribution in [1.82, 2.24) is 9.97 Å². The van der Waals surface area contributed by atoms with Crippen molar-refractivity contribution in [2.75, 3.05) is 0 Å². The minimum Gasteiger partial charge on any atom is -0.383 e. The zero-order valence-electron chi connectivity index (χ0n) is 13.9. The number of nitrogens with zero attached hydrogens (tertiary/aromatic N) is 3. The second-order valence-corrected chi connectivity index (χ2v) is 5.61. The van der Waals surface area contributed by atoms with Crippen LogP contribution in [0.1, 0.15) is 25.0 Å². The number of aromatic nitrogens is 2. The second-order valence-electron chi connectivity index (χ2n) is 5.61. The van der Waals surface area contributed by atoms with E-state index in [0.717, 1.165) is 28.0 Å². The molecule has 3 N–H and O–H groups in total. The molecule has 0 aliphatic heterocycles. The van der Waals surface area contributed by atoms with Gasteiger partial charge in [-0.15, -0.1) is 24.8 Å². The largest absolute Gasteiger partial charge is 0.383 e. The Kier molecular flexibility index (Phi) is 6.98. The Morgan fingerprint density at radius 1 is 1.16 bits per heavy atom. The molecule has 0 aliphatic carbocycles. The minimum absolute atomic E-state index is 0. The summed E-state index contributed by atoms with van der Waals surface area (Å²) in [5.74, 6) is 1.29. The van der Waals surface area contributed by atoms with Crippen LogP contribution in [0.15, 0.2) is 47.5 Å². The van der Waals surface area contributed by atoms with E-state index in [-0.39, 0.29) is 30.9 Å². The van der Waals surface area contributed by atoms with Crippen molar-refractivity contribution in [1.29, 1.82) is 5.26 Å². The molecule has 0 radical (unpaired) electrons. The summed E-state index contributed by atoms with van der Waals surface area (Å²) >= 11 is 0. The van der Waals surface area contributed by atoms with Crippen LogP contribution < -0.4 is 5.73 Å². The van der Waals surface area contributed by atoms with Crippen LogP contribution in [0.3, 0.4) is 0 Å². The summed E-state index contributed by atoms with van der Waals surface area (Å²) in [4.78, 5) is 12.2. The quantitative estimate of drug-likeness (QED) is 0.533. The lowest BCUT2D eigenvalue weighted by Gasteiger charge is -2.03. The number of imidazole rings is 1. The Bertz CT molecular complexity index is 921. The molecule has 25 heavy (non-hydrogen) atoms. The predicted molar refractivity (Wildman–Crippen MR) is 107 cm³/mol. The fraction of sp³-hybridized carbons (Fsp3) is 0.167. The minimum atomic E-state index is 0. The summed E-state index contributed by atoms with van der Waals surface area (Å²) in [5, 5.41) is 8.86. The molecule has 0 saturated carbocycles. The molecule has 130 valence electrons. The number of fused-ring (bicyclic) bond motifs is 1. The smallest absolute Gasteiger partial charge is 0.138 e. The average Bonchev–Trinajstić information content (AvgIpc) is 2.97. The molecule has 3 rings (SSSR count). The van der Waals surface area contributed by atoms with E-state index in [0.29, 0.717) is 11.4 Å². The van der Waals surface area contributed by atoms with Gasteiger partial charge in [0.05, 0.1) is 22.7 Å². The Labute approximate surface area is 158 Å². The molecule has 0 amide bonds. The number of amidine groups is 1. The highest BCUT2D eigenvalue weighted by Crippen LogP contribution is 2.21. The number of aromatic amines is 1. The van der Waals surface area contributed by atoms with Crippen molar-refractivity contribution in [3.63, 3.8) is 0 Å². The van der Waals surface area contributed by atoms with Gasteiger partial charge in [0.2, 0.25) is 0 Å². The number of H-pyrrole nitrogens is 1.